The summed E-state index contributed by atoms with van der Waals surface area (Å²) in [6.45, 7) is 0.384. The summed E-state index contributed by atoms with van der Waals surface area (Å²) in [7, 11) is 1.48. The van der Waals surface area contributed by atoms with Gasteiger partial charge in [0.15, 0.2) is 0 Å². The molecule has 1 aromatic carbocycles. The molecule has 5 nitrogen and oxygen atoms in total. The standard InChI is InChI=1S/C11H10ClNO4S/c12-18(15,16)9-4-2-1-3-8(9)13-7-11(5-6-11)17-10(13)14/h1-4H,5-7H2. The molecule has 1 amide bonds. The molecule has 1 aromatic rings. The number of anilines is 1. The van der Waals surface area contributed by atoms with Gasteiger partial charge in [-0.2, -0.15) is 0 Å². The van der Waals surface area contributed by atoms with Crippen LogP contribution >= 0.6 is 10.7 Å². The van der Waals surface area contributed by atoms with Crippen molar-refractivity contribution in [3.63, 3.8) is 0 Å². The van der Waals surface area contributed by atoms with Gasteiger partial charge in [0.1, 0.15) is 10.5 Å². The van der Waals surface area contributed by atoms with Crippen molar-refractivity contribution >= 4 is 31.5 Å². The molecule has 1 spiro atoms. The van der Waals surface area contributed by atoms with Crippen molar-refractivity contribution in [2.24, 2.45) is 0 Å². The summed E-state index contributed by atoms with van der Waals surface area (Å²) in [6.07, 6.45) is 1.14. The van der Waals surface area contributed by atoms with Crippen molar-refractivity contribution < 1.29 is 17.9 Å². The highest BCUT2D eigenvalue weighted by Gasteiger charge is 2.55. The van der Waals surface area contributed by atoms with Crippen LogP contribution in [0.3, 0.4) is 0 Å². The Balaban J connectivity index is 2.05. The Morgan fingerprint density at radius 2 is 1.94 bits per heavy atom. The first kappa shape index (κ1) is 11.8. The van der Waals surface area contributed by atoms with Gasteiger partial charge in [-0.1, -0.05) is 12.1 Å². The van der Waals surface area contributed by atoms with Gasteiger partial charge in [-0.05, 0) is 25.0 Å². The van der Waals surface area contributed by atoms with Crippen LogP contribution in [0.1, 0.15) is 12.8 Å². The Morgan fingerprint density at radius 1 is 1.28 bits per heavy atom. The molecule has 1 aliphatic carbocycles. The summed E-state index contributed by atoms with van der Waals surface area (Å²) >= 11 is 0. The van der Waals surface area contributed by atoms with Crippen LogP contribution in [0.4, 0.5) is 10.5 Å². The van der Waals surface area contributed by atoms with E-state index < -0.39 is 20.7 Å². The molecule has 0 N–H and O–H groups in total. The van der Waals surface area contributed by atoms with Crippen LogP contribution < -0.4 is 4.90 Å². The van der Waals surface area contributed by atoms with Gasteiger partial charge in [0.05, 0.1) is 12.2 Å². The van der Waals surface area contributed by atoms with Gasteiger partial charge >= 0.3 is 6.09 Å². The number of rotatable bonds is 2. The molecule has 0 aromatic heterocycles. The van der Waals surface area contributed by atoms with Crippen LogP contribution in [0.5, 0.6) is 0 Å². The van der Waals surface area contributed by atoms with E-state index in [1.54, 1.807) is 18.2 Å². The zero-order chi connectivity index (χ0) is 13.0. The number of carbonyl (C=O) groups is 1. The van der Waals surface area contributed by atoms with Gasteiger partial charge in [0, 0.05) is 10.7 Å². The summed E-state index contributed by atoms with van der Waals surface area (Å²) in [6, 6.07) is 6.15. The number of hydrogen-bond acceptors (Lipinski definition) is 4. The minimum atomic E-state index is -3.89. The summed E-state index contributed by atoms with van der Waals surface area (Å²) < 4.78 is 28.2. The molecule has 2 fully saturated rings. The minimum absolute atomic E-state index is 0.0682. The van der Waals surface area contributed by atoms with Gasteiger partial charge in [0.2, 0.25) is 0 Å². The highest BCUT2D eigenvalue weighted by atomic mass is 35.7. The highest BCUT2D eigenvalue weighted by Crippen LogP contribution is 2.46. The Morgan fingerprint density at radius 3 is 2.50 bits per heavy atom. The Hall–Kier alpha value is -1.27. The maximum absolute atomic E-state index is 11.8. The molecule has 96 valence electrons. The molecule has 3 rings (SSSR count). The quantitative estimate of drug-likeness (QED) is 0.782. The third-order valence-corrected chi connectivity index (χ3v) is 4.57. The molecule has 1 saturated heterocycles. The molecule has 1 aliphatic heterocycles. The van der Waals surface area contributed by atoms with Crippen molar-refractivity contribution in [3.05, 3.63) is 24.3 Å². The van der Waals surface area contributed by atoms with Crippen LogP contribution in [0.15, 0.2) is 29.2 Å². The number of benzene rings is 1. The van der Waals surface area contributed by atoms with Crippen molar-refractivity contribution in [3.8, 4) is 0 Å². The molecule has 1 saturated carbocycles. The van der Waals surface area contributed by atoms with Crippen molar-refractivity contribution in [2.75, 3.05) is 11.4 Å². The summed E-state index contributed by atoms with van der Waals surface area (Å²) in [4.78, 5) is 13.0. The summed E-state index contributed by atoms with van der Waals surface area (Å²) in [5.74, 6) is 0. The van der Waals surface area contributed by atoms with E-state index in [4.69, 9.17) is 15.4 Å². The Labute approximate surface area is 109 Å². The second kappa shape index (κ2) is 3.61. The zero-order valence-electron chi connectivity index (χ0n) is 9.30. The fraction of sp³-hybridized carbons (Fsp3) is 0.364. The van der Waals surface area contributed by atoms with Crippen LogP contribution in [-0.2, 0) is 13.8 Å². The second-order valence-electron chi connectivity index (χ2n) is 4.54. The highest BCUT2D eigenvalue weighted by molar-refractivity contribution is 8.13. The lowest BCUT2D eigenvalue weighted by Crippen LogP contribution is -2.26. The molecule has 0 bridgehead atoms. The van der Waals surface area contributed by atoms with Crippen molar-refractivity contribution in [1.29, 1.82) is 0 Å². The third kappa shape index (κ3) is 1.85. The number of carbonyl (C=O) groups excluding carboxylic acids is 1. The maximum atomic E-state index is 11.8. The number of amides is 1. The molecule has 18 heavy (non-hydrogen) atoms. The van der Waals surface area contributed by atoms with E-state index in [-0.39, 0.29) is 10.6 Å². The van der Waals surface area contributed by atoms with Gasteiger partial charge < -0.3 is 4.74 Å². The van der Waals surface area contributed by atoms with Crippen LogP contribution in [0, 0.1) is 0 Å². The molecular weight excluding hydrogens is 278 g/mol. The molecule has 7 heteroatoms. The first-order valence-electron chi connectivity index (χ1n) is 5.46. The molecule has 2 aliphatic rings. The van der Waals surface area contributed by atoms with Crippen LogP contribution in [0.2, 0.25) is 0 Å². The predicted octanol–water partition coefficient (Wildman–Crippen LogP) is 2.10. The number of nitrogens with zero attached hydrogens (tertiary/aromatic N) is 1. The summed E-state index contributed by atoms with van der Waals surface area (Å²) in [5.41, 5.74) is -0.124. The molecule has 0 radical (unpaired) electrons. The Bertz CT molecular complexity index is 624. The minimum Gasteiger partial charge on any atom is -0.441 e. The third-order valence-electron chi connectivity index (χ3n) is 3.20. The van der Waals surface area contributed by atoms with Gasteiger partial charge in [-0.25, -0.2) is 13.2 Å². The van der Waals surface area contributed by atoms with Crippen molar-refractivity contribution in [1.82, 2.24) is 0 Å². The predicted molar refractivity (Wildman–Crippen MR) is 65.3 cm³/mol. The van der Waals surface area contributed by atoms with Crippen molar-refractivity contribution in [2.45, 2.75) is 23.3 Å². The second-order valence-corrected chi connectivity index (χ2v) is 7.08. The fourth-order valence-electron chi connectivity index (χ4n) is 2.09. The van der Waals surface area contributed by atoms with E-state index in [2.05, 4.69) is 0 Å². The first-order valence-corrected chi connectivity index (χ1v) is 7.76. The molecule has 1 heterocycles. The van der Waals surface area contributed by atoms with Gasteiger partial charge in [-0.3, -0.25) is 4.90 Å². The average molecular weight is 288 g/mol. The lowest BCUT2D eigenvalue weighted by atomic mass is 10.2. The average Bonchev–Trinajstić information content (AvgIpc) is 2.95. The van der Waals surface area contributed by atoms with Gasteiger partial charge in [0.25, 0.3) is 9.05 Å². The molecule has 0 atom stereocenters. The number of ether oxygens (including phenoxy) is 1. The first-order chi connectivity index (χ1) is 8.41. The number of para-hydroxylation sites is 1. The van der Waals surface area contributed by atoms with E-state index in [1.165, 1.54) is 11.0 Å². The number of hydrogen-bond donors (Lipinski definition) is 0. The maximum Gasteiger partial charge on any atom is 0.415 e. The monoisotopic (exact) mass is 287 g/mol. The summed E-state index contributed by atoms with van der Waals surface area (Å²) in [5, 5.41) is 0. The lowest BCUT2D eigenvalue weighted by molar-refractivity contribution is 0.129. The zero-order valence-corrected chi connectivity index (χ0v) is 10.9. The lowest BCUT2D eigenvalue weighted by Gasteiger charge is -2.15. The normalized spacial score (nSPS) is 21.2. The van der Waals surface area contributed by atoms with E-state index >= 15 is 0 Å². The smallest absolute Gasteiger partial charge is 0.415 e. The van der Waals surface area contributed by atoms with E-state index in [0.29, 0.717) is 6.54 Å². The SMILES string of the molecule is O=C1OC2(CC2)CN1c1ccccc1S(=O)(=O)Cl. The van der Waals surface area contributed by atoms with Crippen LogP contribution in [0.25, 0.3) is 0 Å². The van der Waals surface area contributed by atoms with E-state index in [0.717, 1.165) is 12.8 Å². The van der Waals surface area contributed by atoms with Gasteiger partial charge in [-0.15, -0.1) is 0 Å². The largest absolute Gasteiger partial charge is 0.441 e. The van der Waals surface area contributed by atoms with Crippen LogP contribution in [-0.4, -0.2) is 26.7 Å². The number of halogens is 1. The molecular formula is C11H10ClNO4S. The van der Waals surface area contributed by atoms with E-state index in [1.807, 2.05) is 0 Å². The van der Waals surface area contributed by atoms with E-state index in [9.17, 15) is 13.2 Å². The fourth-order valence-corrected chi connectivity index (χ4v) is 3.16. The molecule has 0 unspecified atom stereocenters. The topological polar surface area (TPSA) is 63.7 Å². The Kier molecular flexibility index (Phi) is 2.37.